The third-order valence-corrected chi connectivity index (χ3v) is 3.86. The molecule has 1 aliphatic rings. The molecule has 1 N–H and O–H groups in total. The minimum atomic E-state index is 0.102. The molecule has 0 aromatic heterocycles. The van der Waals surface area contributed by atoms with Crippen LogP contribution >= 0.6 is 11.8 Å². The predicted octanol–water partition coefficient (Wildman–Crippen LogP) is 2.49. The zero-order chi connectivity index (χ0) is 11.2. The van der Waals surface area contributed by atoms with Gasteiger partial charge in [-0.3, -0.25) is 4.79 Å². The maximum absolute atomic E-state index is 11.9. The maximum Gasteiger partial charge on any atom is 0.159 e. The number of nitrogens with one attached hydrogen (secondary N) is 1. The van der Waals surface area contributed by atoms with Crippen molar-refractivity contribution in [3.05, 3.63) is 30.3 Å². The molecule has 0 spiro atoms. The molecule has 16 heavy (non-hydrogen) atoms. The lowest BCUT2D eigenvalue weighted by atomic mass is 10.0. The second-order valence-electron chi connectivity index (χ2n) is 4.07. The van der Waals surface area contributed by atoms with Gasteiger partial charge in [0.1, 0.15) is 0 Å². The van der Waals surface area contributed by atoms with E-state index in [4.69, 9.17) is 0 Å². The SMILES string of the molecule is O=C(CSc1ccccc1)C1CCCCN1. The molecule has 1 aromatic rings. The van der Waals surface area contributed by atoms with E-state index in [2.05, 4.69) is 5.32 Å². The Labute approximate surface area is 101 Å². The van der Waals surface area contributed by atoms with Crippen LogP contribution in [-0.2, 0) is 4.79 Å². The largest absolute Gasteiger partial charge is 0.307 e. The van der Waals surface area contributed by atoms with Crippen molar-refractivity contribution in [2.45, 2.75) is 30.2 Å². The molecular weight excluding hydrogens is 218 g/mol. The Bertz CT molecular complexity index is 333. The zero-order valence-corrected chi connectivity index (χ0v) is 10.1. The summed E-state index contributed by atoms with van der Waals surface area (Å²) >= 11 is 1.63. The Morgan fingerprint density at radius 2 is 2.12 bits per heavy atom. The van der Waals surface area contributed by atoms with E-state index in [1.54, 1.807) is 11.8 Å². The van der Waals surface area contributed by atoms with Gasteiger partial charge in [0.25, 0.3) is 0 Å². The average Bonchev–Trinajstić information content (AvgIpc) is 2.38. The Balaban J connectivity index is 1.79. The third-order valence-electron chi connectivity index (χ3n) is 2.82. The first kappa shape index (κ1) is 11.7. The highest BCUT2D eigenvalue weighted by Crippen LogP contribution is 2.18. The van der Waals surface area contributed by atoms with Crippen molar-refractivity contribution in [1.29, 1.82) is 0 Å². The first-order valence-electron chi connectivity index (χ1n) is 5.80. The number of carbonyl (C=O) groups is 1. The number of hydrogen-bond donors (Lipinski definition) is 1. The van der Waals surface area contributed by atoms with Crippen LogP contribution in [0.1, 0.15) is 19.3 Å². The van der Waals surface area contributed by atoms with Crippen LogP contribution < -0.4 is 5.32 Å². The molecule has 2 nitrogen and oxygen atoms in total. The molecule has 1 saturated heterocycles. The summed E-state index contributed by atoms with van der Waals surface area (Å²) in [5.41, 5.74) is 0. The minimum absolute atomic E-state index is 0.102. The van der Waals surface area contributed by atoms with Crippen LogP contribution in [0.25, 0.3) is 0 Å². The van der Waals surface area contributed by atoms with Gasteiger partial charge in [-0.1, -0.05) is 24.6 Å². The number of carbonyl (C=O) groups excluding carboxylic acids is 1. The van der Waals surface area contributed by atoms with E-state index in [1.807, 2.05) is 30.3 Å². The summed E-state index contributed by atoms with van der Waals surface area (Å²) in [5, 5.41) is 3.29. The van der Waals surface area contributed by atoms with Gasteiger partial charge in [-0.05, 0) is 31.5 Å². The molecule has 0 saturated carbocycles. The molecule has 0 amide bonds. The normalized spacial score (nSPS) is 20.6. The van der Waals surface area contributed by atoms with Gasteiger partial charge in [0.15, 0.2) is 5.78 Å². The standard InChI is InChI=1S/C13H17NOS/c15-13(12-8-4-5-9-14-12)10-16-11-6-2-1-3-7-11/h1-3,6-7,12,14H,4-5,8-10H2. The summed E-state index contributed by atoms with van der Waals surface area (Å²) in [6.45, 7) is 0.992. The molecule has 1 fully saturated rings. The number of ketones is 1. The zero-order valence-electron chi connectivity index (χ0n) is 9.32. The number of Topliss-reactive ketones (excluding diaryl/α,β-unsaturated/α-hetero) is 1. The van der Waals surface area contributed by atoms with Crippen LogP contribution in [0, 0.1) is 0 Å². The van der Waals surface area contributed by atoms with E-state index in [0.29, 0.717) is 11.5 Å². The summed E-state index contributed by atoms with van der Waals surface area (Å²) in [6, 6.07) is 10.2. The van der Waals surface area contributed by atoms with E-state index >= 15 is 0 Å². The maximum atomic E-state index is 11.9. The van der Waals surface area contributed by atoms with Gasteiger partial charge in [-0.25, -0.2) is 0 Å². The molecule has 1 aromatic carbocycles. The van der Waals surface area contributed by atoms with Crippen molar-refractivity contribution in [3.63, 3.8) is 0 Å². The van der Waals surface area contributed by atoms with Crippen molar-refractivity contribution >= 4 is 17.5 Å². The van der Waals surface area contributed by atoms with Crippen LogP contribution in [-0.4, -0.2) is 24.1 Å². The summed E-state index contributed by atoms with van der Waals surface area (Å²) < 4.78 is 0. The molecule has 0 bridgehead atoms. The summed E-state index contributed by atoms with van der Waals surface area (Å²) in [7, 11) is 0. The topological polar surface area (TPSA) is 29.1 Å². The Morgan fingerprint density at radius 1 is 1.31 bits per heavy atom. The van der Waals surface area contributed by atoms with Crippen LogP contribution in [0.2, 0.25) is 0 Å². The van der Waals surface area contributed by atoms with Crippen molar-refractivity contribution in [2.24, 2.45) is 0 Å². The van der Waals surface area contributed by atoms with Crippen LogP contribution in [0.3, 0.4) is 0 Å². The number of piperidine rings is 1. The van der Waals surface area contributed by atoms with Crippen molar-refractivity contribution in [3.8, 4) is 0 Å². The van der Waals surface area contributed by atoms with Gasteiger partial charge in [-0.2, -0.15) is 0 Å². The molecule has 86 valence electrons. The Hall–Kier alpha value is -0.800. The molecule has 1 heterocycles. The predicted molar refractivity (Wildman–Crippen MR) is 67.8 cm³/mol. The lowest BCUT2D eigenvalue weighted by Gasteiger charge is -2.21. The van der Waals surface area contributed by atoms with Gasteiger partial charge >= 0.3 is 0 Å². The van der Waals surface area contributed by atoms with E-state index in [1.165, 1.54) is 17.7 Å². The molecule has 1 atom stereocenters. The number of benzene rings is 1. The van der Waals surface area contributed by atoms with Gasteiger partial charge in [0.05, 0.1) is 11.8 Å². The Kier molecular flexibility index (Phi) is 4.43. The lowest BCUT2D eigenvalue weighted by Crippen LogP contribution is -2.41. The fraction of sp³-hybridized carbons (Fsp3) is 0.462. The fourth-order valence-electron chi connectivity index (χ4n) is 1.90. The number of rotatable bonds is 4. The van der Waals surface area contributed by atoms with Crippen molar-refractivity contribution in [1.82, 2.24) is 5.32 Å². The molecule has 3 heteroatoms. The molecule has 1 aliphatic heterocycles. The smallest absolute Gasteiger partial charge is 0.159 e. The van der Waals surface area contributed by atoms with Crippen LogP contribution in [0.15, 0.2) is 35.2 Å². The van der Waals surface area contributed by atoms with Crippen LogP contribution in [0.4, 0.5) is 0 Å². The monoisotopic (exact) mass is 235 g/mol. The second-order valence-corrected chi connectivity index (χ2v) is 5.12. The quantitative estimate of drug-likeness (QED) is 0.813. The van der Waals surface area contributed by atoms with E-state index in [9.17, 15) is 4.79 Å². The average molecular weight is 235 g/mol. The molecule has 2 rings (SSSR count). The second kappa shape index (κ2) is 6.06. The first-order chi connectivity index (χ1) is 7.86. The molecule has 0 radical (unpaired) electrons. The van der Waals surface area contributed by atoms with Gasteiger partial charge in [-0.15, -0.1) is 11.8 Å². The number of thioether (sulfide) groups is 1. The molecule has 0 aliphatic carbocycles. The van der Waals surface area contributed by atoms with E-state index in [0.717, 1.165) is 13.0 Å². The highest BCUT2D eigenvalue weighted by Gasteiger charge is 2.19. The number of hydrogen-bond acceptors (Lipinski definition) is 3. The van der Waals surface area contributed by atoms with Crippen molar-refractivity contribution < 1.29 is 4.79 Å². The summed E-state index contributed by atoms with van der Waals surface area (Å²) in [5.74, 6) is 0.926. The third kappa shape index (κ3) is 3.35. The van der Waals surface area contributed by atoms with E-state index in [-0.39, 0.29) is 6.04 Å². The highest BCUT2D eigenvalue weighted by molar-refractivity contribution is 8.00. The molecular formula is C13H17NOS. The van der Waals surface area contributed by atoms with Gasteiger partial charge < -0.3 is 5.32 Å². The summed E-state index contributed by atoms with van der Waals surface area (Å²) in [4.78, 5) is 13.1. The summed E-state index contributed by atoms with van der Waals surface area (Å²) in [6.07, 6.45) is 3.39. The first-order valence-corrected chi connectivity index (χ1v) is 6.79. The molecule has 1 unspecified atom stereocenters. The minimum Gasteiger partial charge on any atom is -0.307 e. The highest BCUT2D eigenvalue weighted by atomic mass is 32.2. The van der Waals surface area contributed by atoms with Gasteiger partial charge in [0.2, 0.25) is 0 Å². The lowest BCUT2D eigenvalue weighted by molar-refractivity contribution is -0.119. The van der Waals surface area contributed by atoms with Crippen molar-refractivity contribution in [2.75, 3.05) is 12.3 Å². The van der Waals surface area contributed by atoms with Crippen LogP contribution in [0.5, 0.6) is 0 Å². The van der Waals surface area contributed by atoms with E-state index < -0.39 is 0 Å². The Morgan fingerprint density at radius 3 is 2.81 bits per heavy atom. The fourth-order valence-corrected chi connectivity index (χ4v) is 2.76. The van der Waals surface area contributed by atoms with Gasteiger partial charge in [0, 0.05) is 4.90 Å².